The average molecular weight is 294 g/mol. The first kappa shape index (κ1) is 15.2. The molecule has 21 heavy (non-hydrogen) atoms. The number of benzene rings is 1. The van der Waals surface area contributed by atoms with Gasteiger partial charge in [-0.25, -0.2) is 0 Å². The summed E-state index contributed by atoms with van der Waals surface area (Å²) in [4.78, 5) is 4.06. The van der Waals surface area contributed by atoms with Crippen molar-refractivity contribution in [3.8, 4) is 11.5 Å². The van der Waals surface area contributed by atoms with Gasteiger partial charge in [0.2, 0.25) is 0 Å². The lowest BCUT2D eigenvalue weighted by molar-refractivity contribution is -0.0499. The minimum absolute atomic E-state index is 0.0539. The number of halogens is 2. The zero-order valence-corrected chi connectivity index (χ0v) is 11.5. The minimum Gasteiger partial charge on any atom is -0.506 e. The quantitative estimate of drug-likeness (QED) is 0.858. The molecule has 1 unspecified atom stereocenters. The van der Waals surface area contributed by atoms with Gasteiger partial charge in [-0.1, -0.05) is 12.1 Å². The molecule has 1 aromatic carbocycles. The molecule has 1 atom stereocenters. The fourth-order valence-electron chi connectivity index (χ4n) is 1.86. The van der Waals surface area contributed by atoms with Crippen molar-refractivity contribution in [2.75, 3.05) is 0 Å². The van der Waals surface area contributed by atoms with E-state index in [2.05, 4.69) is 15.0 Å². The molecule has 0 saturated heterocycles. The molecular weight excluding hydrogens is 278 g/mol. The molecule has 112 valence electrons. The largest absolute Gasteiger partial charge is 0.506 e. The van der Waals surface area contributed by atoms with Crippen molar-refractivity contribution in [3.63, 3.8) is 0 Å². The molecule has 0 aliphatic heterocycles. The smallest absolute Gasteiger partial charge is 0.387 e. The molecule has 0 saturated carbocycles. The van der Waals surface area contributed by atoms with E-state index in [1.165, 1.54) is 12.3 Å². The number of alkyl halides is 2. The molecule has 1 aromatic heterocycles. The Morgan fingerprint density at radius 1 is 1.29 bits per heavy atom. The van der Waals surface area contributed by atoms with E-state index in [0.29, 0.717) is 6.54 Å². The predicted octanol–water partition coefficient (Wildman–Crippen LogP) is 3.24. The Morgan fingerprint density at radius 3 is 2.76 bits per heavy atom. The number of rotatable bonds is 6. The number of nitrogens with zero attached hydrogens (tertiary/aromatic N) is 1. The lowest BCUT2D eigenvalue weighted by Gasteiger charge is -2.15. The Labute approximate surface area is 121 Å². The number of pyridine rings is 1. The summed E-state index contributed by atoms with van der Waals surface area (Å²) in [5.41, 5.74) is 1.62. The number of nitrogens with one attached hydrogen (secondary N) is 1. The van der Waals surface area contributed by atoms with Crippen LogP contribution in [0.25, 0.3) is 0 Å². The average Bonchev–Trinajstić information content (AvgIpc) is 2.46. The lowest BCUT2D eigenvalue weighted by atomic mass is 10.1. The first-order valence-electron chi connectivity index (χ1n) is 6.46. The SMILES string of the molecule is CC(NCc1ccc(O)cn1)c1cccc(OC(F)F)c1. The van der Waals surface area contributed by atoms with Gasteiger partial charge in [-0.3, -0.25) is 4.98 Å². The Balaban J connectivity index is 1.96. The standard InChI is InChI=1S/C15H16F2N2O2/c1-10(18-8-12-5-6-13(20)9-19-12)11-3-2-4-14(7-11)21-15(16)17/h2-7,9-10,15,18,20H,8H2,1H3. The zero-order valence-electron chi connectivity index (χ0n) is 11.5. The van der Waals surface area contributed by atoms with Gasteiger partial charge in [0.15, 0.2) is 0 Å². The Kier molecular flexibility index (Phi) is 5.05. The van der Waals surface area contributed by atoms with Crippen LogP contribution in [0.5, 0.6) is 11.5 Å². The third kappa shape index (κ3) is 4.68. The molecule has 4 nitrogen and oxygen atoms in total. The topological polar surface area (TPSA) is 54.4 Å². The molecule has 0 fully saturated rings. The van der Waals surface area contributed by atoms with Crippen molar-refractivity contribution in [1.29, 1.82) is 0 Å². The van der Waals surface area contributed by atoms with Crippen LogP contribution >= 0.6 is 0 Å². The van der Waals surface area contributed by atoms with E-state index in [-0.39, 0.29) is 17.5 Å². The normalized spacial score (nSPS) is 12.4. The van der Waals surface area contributed by atoms with Crippen molar-refractivity contribution in [1.82, 2.24) is 10.3 Å². The fourth-order valence-corrected chi connectivity index (χ4v) is 1.86. The van der Waals surface area contributed by atoms with E-state index in [1.54, 1.807) is 24.3 Å². The van der Waals surface area contributed by atoms with Crippen molar-refractivity contribution in [2.45, 2.75) is 26.1 Å². The van der Waals surface area contributed by atoms with Gasteiger partial charge < -0.3 is 15.2 Å². The number of ether oxygens (including phenoxy) is 1. The maximum Gasteiger partial charge on any atom is 0.387 e. The van der Waals surface area contributed by atoms with E-state index >= 15 is 0 Å². The van der Waals surface area contributed by atoms with E-state index in [4.69, 9.17) is 5.11 Å². The molecule has 0 amide bonds. The second-order valence-corrected chi connectivity index (χ2v) is 4.56. The van der Waals surface area contributed by atoms with Gasteiger partial charge in [-0.05, 0) is 36.8 Å². The van der Waals surface area contributed by atoms with Crippen molar-refractivity contribution in [2.24, 2.45) is 0 Å². The van der Waals surface area contributed by atoms with Crippen LogP contribution < -0.4 is 10.1 Å². The second-order valence-electron chi connectivity index (χ2n) is 4.56. The van der Waals surface area contributed by atoms with Crippen LogP contribution in [0.15, 0.2) is 42.6 Å². The highest BCUT2D eigenvalue weighted by Gasteiger charge is 2.09. The second kappa shape index (κ2) is 6.99. The summed E-state index contributed by atoms with van der Waals surface area (Å²) in [5.74, 6) is 0.252. The number of aromatic nitrogens is 1. The first-order chi connectivity index (χ1) is 10.0. The number of aromatic hydroxyl groups is 1. The Bertz CT molecular complexity index is 576. The third-order valence-electron chi connectivity index (χ3n) is 2.98. The van der Waals surface area contributed by atoms with Crippen molar-refractivity contribution < 1.29 is 18.6 Å². The minimum atomic E-state index is -2.83. The molecule has 0 radical (unpaired) electrons. The number of hydrogen-bond donors (Lipinski definition) is 2. The van der Waals surface area contributed by atoms with Crippen molar-refractivity contribution in [3.05, 3.63) is 53.9 Å². The van der Waals surface area contributed by atoms with Crippen LogP contribution in [-0.4, -0.2) is 16.7 Å². The Morgan fingerprint density at radius 2 is 2.10 bits per heavy atom. The number of hydrogen-bond acceptors (Lipinski definition) is 4. The van der Waals surface area contributed by atoms with Gasteiger partial charge in [-0.15, -0.1) is 0 Å². The molecule has 2 N–H and O–H groups in total. The molecular formula is C15H16F2N2O2. The van der Waals surface area contributed by atoms with E-state index in [9.17, 15) is 8.78 Å². The molecule has 0 spiro atoms. The molecule has 0 aliphatic carbocycles. The maximum absolute atomic E-state index is 12.2. The monoisotopic (exact) mass is 294 g/mol. The molecule has 2 rings (SSSR count). The van der Waals surface area contributed by atoms with Crippen molar-refractivity contribution >= 4 is 0 Å². The van der Waals surface area contributed by atoms with Crippen LogP contribution in [0.4, 0.5) is 8.78 Å². The van der Waals surface area contributed by atoms with Crippen LogP contribution in [0.1, 0.15) is 24.2 Å². The summed E-state index contributed by atoms with van der Waals surface area (Å²) in [6.07, 6.45) is 1.37. The van der Waals surface area contributed by atoms with E-state index in [0.717, 1.165) is 11.3 Å². The predicted molar refractivity (Wildman–Crippen MR) is 74.2 cm³/mol. The summed E-state index contributed by atoms with van der Waals surface area (Å²) >= 11 is 0. The Hall–Kier alpha value is -2.21. The third-order valence-corrected chi connectivity index (χ3v) is 2.98. The van der Waals surface area contributed by atoms with E-state index < -0.39 is 6.61 Å². The zero-order chi connectivity index (χ0) is 15.2. The molecule has 0 aliphatic rings. The summed E-state index contributed by atoms with van der Waals surface area (Å²) < 4.78 is 28.8. The first-order valence-corrected chi connectivity index (χ1v) is 6.46. The highest BCUT2D eigenvalue weighted by molar-refractivity contribution is 5.30. The summed E-state index contributed by atoms with van der Waals surface area (Å²) in [6, 6.07) is 9.79. The maximum atomic E-state index is 12.2. The molecule has 6 heteroatoms. The fraction of sp³-hybridized carbons (Fsp3) is 0.267. The molecule has 1 heterocycles. The van der Waals surface area contributed by atoms with Gasteiger partial charge in [-0.2, -0.15) is 8.78 Å². The van der Waals surface area contributed by atoms with Gasteiger partial charge in [0, 0.05) is 12.6 Å². The van der Waals surface area contributed by atoms with Gasteiger partial charge in [0.05, 0.1) is 11.9 Å². The summed E-state index contributed by atoms with van der Waals surface area (Å²) in [6.45, 7) is -0.409. The van der Waals surface area contributed by atoms with Gasteiger partial charge in [0.1, 0.15) is 11.5 Å². The lowest BCUT2D eigenvalue weighted by Crippen LogP contribution is -2.18. The highest BCUT2D eigenvalue weighted by Crippen LogP contribution is 2.21. The molecule has 0 bridgehead atoms. The summed E-state index contributed by atoms with van der Waals surface area (Å²) in [7, 11) is 0. The van der Waals surface area contributed by atoms with Gasteiger partial charge >= 0.3 is 6.61 Å². The van der Waals surface area contributed by atoms with Crippen LogP contribution in [-0.2, 0) is 6.54 Å². The van der Waals surface area contributed by atoms with Crippen LogP contribution in [0, 0.1) is 0 Å². The van der Waals surface area contributed by atoms with Crippen LogP contribution in [0.3, 0.4) is 0 Å². The summed E-state index contributed by atoms with van der Waals surface area (Å²) in [5, 5.41) is 12.4. The van der Waals surface area contributed by atoms with Gasteiger partial charge in [0.25, 0.3) is 0 Å². The molecule has 2 aromatic rings. The van der Waals surface area contributed by atoms with Crippen LogP contribution in [0.2, 0.25) is 0 Å². The van der Waals surface area contributed by atoms with E-state index in [1.807, 2.05) is 13.0 Å². The highest BCUT2D eigenvalue weighted by atomic mass is 19.3.